The van der Waals surface area contributed by atoms with Gasteiger partial charge < -0.3 is 9.84 Å². The summed E-state index contributed by atoms with van der Waals surface area (Å²) < 4.78 is 7.17. The quantitative estimate of drug-likeness (QED) is 0.842. The van der Waals surface area contributed by atoms with Crippen molar-refractivity contribution in [2.24, 2.45) is 0 Å². The zero-order valence-electron chi connectivity index (χ0n) is 10.6. The highest BCUT2D eigenvalue weighted by Gasteiger charge is 2.30. The Bertz CT molecular complexity index is 420. The molecule has 0 amide bonds. The third-order valence-electron chi connectivity index (χ3n) is 3.31. The molecule has 0 radical (unpaired) electrons. The highest BCUT2D eigenvalue weighted by Crippen LogP contribution is 2.29. The predicted octanol–water partition coefficient (Wildman–Crippen LogP) is 0.991. The number of ether oxygens (including phenoxy) is 1. The van der Waals surface area contributed by atoms with Gasteiger partial charge >= 0.3 is 5.97 Å². The molecule has 0 saturated carbocycles. The third kappa shape index (κ3) is 2.66. The number of tetrazole rings is 1. The zero-order valence-corrected chi connectivity index (χ0v) is 10.6. The Morgan fingerprint density at radius 2 is 2.44 bits per heavy atom. The molecular weight excluding hydrogens is 236 g/mol. The maximum absolute atomic E-state index is 10.8. The molecule has 1 aliphatic heterocycles. The largest absolute Gasteiger partial charge is 0.481 e. The van der Waals surface area contributed by atoms with Gasteiger partial charge in [0.25, 0.3) is 0 Å². The predicted molar refractivity (Wildman–Crippen MR) is 62.2 cm³/mol. The molecule has 7 heteroatoms. The van der Waals surface area contributed by atoms with Gasteiger partial charge in [0.1, 0.15) is 0 Å². The second kappa shape index (κ2) is 5.43. The van der Waals surface area contributed by atoms with Gasteiger partial charge in [-0.1, -0.05) is 6.92 Å². The highest BCUT2D eigenvalue weighted by molar-refractivity contribution is 5.67. The third-order valence-corrected chi connectivity index (χ3v) is 3.31. The maximum Gasteiger partial charge on any atom is 0.305 e. The minimum Gasteiger partial charge on any atom is -0.481 e. The second-order valence-corrected chi connectivity index (χ2v) is 4.72. The highest BCUT2D eigenvalue weighted by atomic mass is 16.5. The fourth-order valence-electron chi connectivity index (χ4n) is 2.33. The fourth-order valence-corrected chi connectivity index (χ4v) is 2.33. The molecule has 2 heterocycles. The van der Waals surface area contributed by atoms with Gasteiger partial charge in [-0.3, -0.25) is 4.79 Å². The molecular formula is C11H18N4O3. The summed E-state index contributed by atoms with van der Waals surface area (Å²) in [5.74, 6) is 0.0737. The van der Waals surface area contributed by atoms with E-state index in [9.17, 15) is 4.79 Å². The molecule has 1 fully saturated rings. The summed E-state index contributed by atoms with van der Waals surface area (Å²) in [6.07, 6.45) is 1.81. The lowest BCUT2D eigenvalue weighted by atomic mass is 10.0. The van der Waals surface area contributed by atoms with E-state index in [0.29, 0.717) is 13.0 Å². The molecule has 0 spiro atoms. The first-order valence-electron chi connectivity index (χ1n) is 6.23. The van der Waals surface area contributed by atoms with Gasteiger partial charge in [0.2, 0.25) is 0 Å². The lowest BCUT2D eigenvalue weighted by molar-refractivity contribution is -0.138. The minimum atomic E-state index is -0.834. The normalized spacial score (nSPS) is 25.2. The Morgan fingerprint density at radius 1 is 1.67 bits per heavy atom. The molecule has 1 saturated heterocycles. The standard InChI is InChI=1S/C11H18N4O3/c1-3-9(5-10(16)17)15-11(12-13-14-15)8-4-7(2)18-6-8/h7-9H,3-6H2,1-2H3,(H,16,17). The summed E-state index contributed by atoms with van der Waals surface area (Å²) in [5, 5.41) is 20.6. The average molecular weight is 254 g/mol. The van der Waals surface area contributed by atoms with Crippen molar-refractivity contribution >= 4 is 5.97 Å². The van der Waals surface area contributed by atoms with E-state index < -0.39 is 5.97 Å². The molecule has 1 aromatic heterocycles. The van der Waals surface area contributed by atoms with Crippen LogP contribution in [0.4, 0.5) is 0 Å². The summed E-state index contributed by atoms with van der Waals surface area (Å²) in [6.45, 7) is 4.56. The lowest BCUT2D eigenvalue weighted by Gasteiger charge is -2.16. The molecule has 0 aromatic carbocycles. The van der Waals surface area contributed by atoms with Crippen LogP contribution in [0.1, 0.15) is 50.9 Å². The van der Waals surface area contributed by atoms with Gasteiger partial charge in [-0.05, 0) is 30.2 Å². The van der Waals surface area contributed by atoms with E-state index in [0.717, 1.165) is 12.2 Å². The average Bonchev–Trinajstić information content (AvgIpc) is 2.93. The first kappa shape index (κ1) is 12.9. The van der Waals surface area contributed by atoms with Crippen molar-refractivity contribution in [2.75, 3.05) is 6.61 Å². The SMILES string of the molecule is CCC(CC(=O)O)n1nnnc1C1COC(C)C1. The van der Waals surface area contributed by atoms with Crippen LogP contribution in [-0.2, 0) is 9.53 Å². The van der Waals surface area contributed by atoms with Crippen LogP contribution in [-0.4, -0.2) is 44.0 Å². The van der Waals surface area contributed by atoms with Crippen molar-refractivity contribution in [3.05, 3.63) is 5.82 Å². The molecule has 100 valence electrons. The Hall–Kier alpha value is -1.50. The van der Waals surface area contributed by atoms with E-state index in [1.165, 1.54) is 0 Å². The van der Waals surface area contributed by atoms with E-state index in [4.69, 9.17) is 9.84 Å². The van der Waals surface area contributed by atoms with Crippen LogP contribution in [0.5, 0.6) is 0 Å². The monoisotopic (exact) mass is 254 g/mol. The van der Waals surface area contributed by atoms with Crippen molar-refractivity contribution < 1.29 is 14.6 Å². The van der Waals surface area contributed by atoms with Gasteiger partial charge in [-0.2, -0.15) is 0 Å². The van der Waals surface area contributed by atoms with Gasteiger partial charge in [0.05, 0.1) is 25.2 Å². The van der Waals surface area contributed by atoms with Gasteiger partial charge in [-0.25, -0.2) is 4.68 Å². The molecule has 7 nitrogen and oxygen atoms in total. The Labute approximate surface area is 105 Å². The van der Waals surface area contributed by atoms with Crippen molar-refractivity contribution in [2.45, 2.75) is 51.2 Å². The van der Waals surface area contributed by atoms with Crippen LogP contribution in [0.2, 0.25) is 0 Å². The zero-order chi connectivity index (χ0) is 13.1. The Kier molecular flexibility index (Phi) is 3.90. The molecule has 1 aliphatic rings. The first-order chi connectivity index (χ1) is 8.61. The van der Waals surface area contributed by atoms with Gasteiger partial charge in [0.15, 0.2) is 5.82 Å². The van der Waals surface area contributed by atoms with Crippen LogP contribution in [0.15, 0.2) is 0 Å². The summed E-state index contributed by atoms with van der Waals surface area (Å²) >= 11 is 0. The van der Waals surface area contributed by atoms with E-state index >= 15 is 0 Å². The van der Waals surface area contributed by atoms with Crippen LogP contribution in [0, 0.1) is 0 Å². The molecule has 18 heavy (non-hydrogen) atoms. The van der Waals surface area contributed by atoms with E-state index in [1.807, 2.05) is 13.8 Å². The van der Waals surface area contributed by atoms with Crippen LogP contribution >= 0.6 is 0 Å². The summed E-state index contributed by atoms with van der Waals surface area (Å²) in [7, 11) is 0. The number of carboxylic acid groups (broad SMARTS) is 1. The topological polar surface area (TPSA) is 90.1 Å². The number of carbonyl (C=O) groups is 1. The van der Waals surface area contributed by atoms with E-state index in [2.05, 4.69) is 15.5 Å². The molecule has 3 unspecified atom stereocenters. The van der Waals surface area contributed by atoms with Crippen LogP contribution in [0.3, 0.4) is 0 Å². The molecule has 1 N–H and O–H groups in total. The molecule has 0 bridgehead atoms. The second-order valence-electron chi connectivity index (χ2n) is 4.72. The fraction of sp³-hybridized carbons (Fsp3) is 0.818. The van der Waals surface area contributed by atoms with Gasteiger partial charge in [-0.15, -0.1) is 5.10 Å². The Morgan fingerprint density at radius 3 is 3.00 bits per heavy atom. The summed E-state index contributed by atoms with van der Waals surface area (Å²) in [4.78, 5) is 10.8. The van der Waals surface area contributed by atoms with Crippen LogP contribution in [0.25, 0.3) is 0 Å². The van der Waals surface area contributed by atoms with Crippen molar-refractivity contribution in [1.82, 2.24) is 20.2 Å². The minimum absolute atomic E-state index is 0.0394. The van der Waals surface area contributed by atoms with E-state index in [1.54, 1.807) is 4.68 Å². The van der Waals surface area contributed by atoms with Crippen molar-refractivity contribution in [3.63, 3.8) is 0 Å². The molecule has 0 aliphatic carbocycles. The smallest absolute Gasteiger partial charge is 0.305 e. The maximum atomic E-state index is 10.8. The van der Waals surface area contributed by atoms with Crippen molar-refractivity contribution in [1.29, 1.82) is 0 Å². The number of hydrogen-bond acceptors (Lipinski definition) is 5. The number of aromatic nitrogens is 4. The number of carboxylic acids is 1. The Balaban J connectivity index is 2.18. The number of hydrogen-bond donors (Lipinski definition) is 1. The molecule has 3 atom stereocenters. The molecule has 2 rings (SSSR count). The molecule has 1 aromatic rings. The number of rotatable bonds is 5. The van der Waals surface area contributed by atoms with Crippen molar-refractivity contribution in [3.8, 4) is 0 Å². The lowest BCUT2D eigenvalue weighted by Crippen LogP contribution is -2.19. The number of nitrogens with zero attached hydrogens (tertiary/aromatic N) is 4. The van der Waals surface area contributed by atoms with Crippen LogP contribution < -0.4 is 0 Å². The summed E-state index contributed by atoms with van der Waals surface area (Å²) in [6, 6.07) is -0.191. The van der Waals surface area contributed by atoms with Gasteiger partial charge in [0, 0.05) is 5.92 Å². The first-order valence-corrected chi connectivity index (χ1v) is 6.23. The van der Waals surface area contributed by atoms with E-state index in [-0.39, 0.29) is 24.5 Å². The number of aliphatic carboxylic acids is 1. The summed E-state index contributed by atoms with van der Waals surface area (Å²) in [5.41, 5.74) is 0.